The molecule has 0 saturated heterocycles. The van der Waals surface area contributed by atoms with Crippen molar-refractivity contribution >= 4 is 17.3 Å². The first-order valence-corrected chi connectivity index (χ1v) is 7.34. The summed E-state index contributed by atoms with van der Waals surface area (Å²) in [6, 6.07) is 12.1. The van der Waals surface area contributed by atoms with Gasteiger partial charge in [0.1, 0.15) is 0 Å². The van der Waals surface area contributed by atoms with E-state index in [0.29, 0.717) is 12.8 Å². The Balaban J connectivity index is 2.00. The van der Waals surface area contributed by atoms with Crippen molar-refractivity contribution in [3.05, 3.63) is 57.8 Å². The fourth-order valence-corrected chi connectivity index (χ4v) is 2.91. The Morgan fingerprint density at radius 2 is 2.05 bits per heavy atom. The summed E-state index contributed by atoms with van der Waals surface area (Å²) < 4.78 is 0. The summed E-state index contributed by atoms with van der Waals surface area (Å²) >= 11 is 1.69. The first-order valence-electron chi connectivity index (χ1n) is 6.46. The Morgan fingerprint density at radius 3 is 2.68 bits per heavy atom. The van der Waals surface area contributed by atoms with Gasteiger partial charge in [0.2, 0.25) is 0 Å². The molecule has 1 unspecified atom stereocenters. The monoisotopic (exact) mass is 274 g/mol. The van der Waals surface area contributed by atoms with E-state index in [9.17, 15) is 9.90 Å². The normalized spacial score (nSPS) is 12.3. The van der Waals surface area contributed by atoms with E-state index in [-0.39, 0.29) is 5.92 Å². The molecule has 19 heavy (non-hydrogen) atoms. The van der Waals surface area contributed by atoms with Gasteiger partial charge >= 0.3 is 5.97 Å². The molecule has 3 heteroatoms. The smallest absolute Gasteiger partial charge is 0.306 e. The summed E-state index contributed by atoms with van der Waals surface area (Å²) in [4.78, 5) is 12.6. The van der Waals surface area contributed by atoms with Crippen molar-refractivity contribution in [1.82, 2.24) is 0 Å². The second-order valence-electron chi connectivity index (χ2n) is 4.78. The second kappa shape index (κ2) is 6.53. The van der Waals surface area contributed by atoms with Gasteiger partial charge in [-0.25, -0.2) is 0 Å². The minimum atomic E-state index is -0.695. The predicted molar refractivity (Wildman–Crippen MR) is 78.6 cm³/mol. The fraction of sp³-hybridized carbons (Fsp3) is 0.312. The van der Waals surface area contributed by atoms with Crippen LogP contribution >= 0.6 is 11.3 Å². The van der Waals surface area contributed by atoms with Crippen LogP contribution in [0, 0.1) is 12.8 Å². The van der Waals surface area contributed by atoms with Crippen molar-refractivity contribution in [2.24, 2.45) is 5.92 Å². The first-order chi connectivity index (χ1) is 9.16. The van der Waals surface area contributed by atoms with Gasteiger partial charge in [-0.2, -0.15) is 0 Å². The first kappa shape index (κ1) is 13.8. The van der Waals surface area contributed by atoms with Crippen LogP contribution in [0.3, 0.4) is 0 Å². The molecule has 0 radical (unpaired) electrons. The largest absolute Gasteiger partial charge is 0.481 e. The molecule has 1 aromatic carbocycles. The van der Waals surface area contributed by atoms with Crippen LogP contribution in [0.1, 0.15) is 22.4 Å². The Bertz CT molecular complexity index is 531. The average Bonchev–Trinajstić information content (AvgIpc) is 2.89. The number of rotatable bonds is 6. The van der Waals surface area contributed by atoms with E-state index in [1.54, 1.807) is 11.3 Å². The van der Waals surface area contributed by atoms with Gasteiger partial charge in [-0.05, 0) is 48.8 Å². The van der Waals surface area contributed by atoms with Gasteiger partial charge in [-0.15, -0.1) is 11.3 Å². The summed E-state index contributed by atoms with van der Waals surface area (Å²) in [5.41, 5.74) is 2.31. The molecule has 1 aromatic heterocycles. The summed E-state index contributed by atoms with van der Waals surface area (Å²) in [7, 11) is 0. The number of aryl methyl sites for hydroxylation is 2. The van der Waals surface area contributed by atoms with Crippen LogP contribution in [0.15, 0.2) is 41.8 Å². The van der Waals surface area contributed by atoms with E-state index in [1.165, 1.54) is 10.4 Å². The maximum Gasteiger partial charge on any atom is 0.306 e. The van der Waals surface area contributed by atoms with Crippen LogP contribution in [0.4, 0.5) is 0 Å². The SMILES string of the molecule is Cc1ccccc1CC(CCc1cccs1)C(=O)O. The van der Waals surface area contributed by atoms with Crippen molar-refractivity contribution in [2.75, 3.05) is 0 Å². The molecule has 0 spiro atoms. The van der Waals surface area contributed by atoms with Gasteiger partial charge in [0.05, 0.1) is 5.92 Å². The van der Waals surface area contributed by atoms with Crippen LogP contribution in [0.5, 0.6) is 0 Å². The van der Waals surface area contributed by atoms with Crippen LogP contribution in [-0.4, -0.2) is 11.1 Å². The molecule has 0 fully saturated rings. The Kier molecular flexibility index (Phi) is 4.74. The molecule has 0 aliphatic rings. The molecule has 0 amide bonds. The molecule has 0 aliphatic heterocycles. The standard InChI is InChI=1S/C16H18O2S/c1-12-5-2-3-6-13(12)11-14(16(17)18)8-9-15-7-4-10-19-15/h2-7,10,14H,8-9,11H2,1H3,(H,17,18). The molecule has 2 nitrogen and oxygen atoms in total. The molecule has 2 rings (SSSR count). The van der Waals surface area contributed by atoms with Gasteiger partial charge in [-0.3, -0.25) is 4.79 Å². The zero-order valence-corrected chi connectivity index (χ0v) is 11.8. The number of carboxylic acid groups (broad SMARTS) is 1. The number of benzene rings is 1. The van der Waals surface area contributed by atoms with Gasteiger partial charge in [0.15, 0.2) is 0 Å². The fourth-order valence-electron chi connectivity index (χ4n) is 2.19. The van der Waals surface area contributed by atoms with Crippen molar-refractivity contribution in [3.8, 4) is 0 Å². The maximum atomic E-state index is 11.4. The minimum Gasteiger partial charge on any atom is -0.481 e. The predicted octanol–water partition coefficient (Wildman–Crippen LogP) is 3.93. The third-order valence-corrected chi connectivity index (χ3v) is 4.33. The molecule has 0 saturated carbocycles. The molecular formula is C16H18O2S. The van der Waals surface area contributed by atoms with Crippen LogP contribution < -0.4 is 0 Å². The van der Waals surface area contributed by atoms with Gasteiger partial charge in [0.25, 0.3) is 0 Å². The molecule has 1 N–H and O–H groups in total. The third kappa shape index (κ3) is 3.93. The number of hydrogen-bond acceptors (Lipinski definition) is 2. The molecule has 0 bridgehead atoms. The van der Waals surface area contributed by atoms with Crippen molar-refractivity contribution < 1.29 is 9.90 Å². The quantitative estimate of drug-likeness (QED) is 0.866. The lowest BCUT2D eigenvalue weighted by Gasteiger charge is -2.13. The highest BCUT2D eigenvalue weighted by Crippen LogP contribution is 2.20. The number of hydrogen-bond donors (Lipinski definition) is 1. The lowest BCUT2D eigenvalue weighted by atomic mass is 9.92. The molecule has 0 aliphatic carbocycles. The third-order valence-electron chi connectivity index (χ3n) is 3.40. The highest BCUT2D eigenvalue weighted by molar-refractivity contribution is 7.09. The van der Waals surface area contributed by atoms with E-state index < -0.39 is 5.97 Å². The van der Waals surface area contributed by atoms with Crippen molar-refractivity contribution in [2.45, 2.75) is 26.2 Å². The summed E-state index contributed by atoms with van der Waals surface area (Å²) in [5.74, 6) is -0.997. The maximum absolute atomic E-state index is 11.4. The Morgan fingerprint density at radius 1 is 1.26 bits per heavy atom. The number of carbonyl (C=O) groups is 1. The van der Waals surface area contributed by atoms with Gasteiger partial charge < -0.3 is 5.11 Å². The van der Waals surface area contributed by atoms with E-state index in [2.05, 4.69) is 6.07 Å². The summed E-state index contributed by atoms with van der Waals surface area (Å²) in [5, 5.41) is 11.4. The van der Waals surface area contributed by atoms with E-state index in [1.807, 2.05) is 42.6 Å². The van der Waals surface area contributed by atoms with Crippen LogP contribution in [0.2, 0.25) is 0 Å². The van der Waals surface area contributed by atoms with E-state index in [0.717, 1.165) is 12.0 Å². The highest BCUT2D eigenvalue weighted by atomic mass is 32.1. The zero-order chi connectivity index (χ0) is 13.7. The molecule has 1 heterocycles. The molecule has 2 aromatic rings. The highest BCUT2D eigenvalue weighted by Gasteiger charge is 2.18. The topological polar surface area (TPSA) is 37.3 Å². The Labute approximate surface area is 117 Å². The molecule has 100 valence electrons. The average molecular weight is 274 g/mol. The minimum absolute atomic E-state index is 0.303. The zero-order valence-electron chi connectivity index (χ0n) is 11.0. The summed E-state index contributed by atoms with van der Waals surface area (Å²) in [6.07, 6.45) is 2.16. The second-order valence-corrected chi connectivity index (χ2v) is 5.82. The van der Waals surface area contributed by atoms with Crippen molar-refractivity contribution in [1.29, 1.82) is 0 Å². The lowest BCUT2D eigenvalue weighted by Crippen LogP contribution is -2.17. The van der Waals surface area contributed by atoms with E-state index in [4.69, 9.17) is 0 Å². The lowest BCUT2D eigenvalue weighted by molar-refractivity contribution is -0.141. The Hall–Kier alpha value is -1.61. The van der Waals surface area contributed by atoms with Gasteiger partial charge in [0, 0.05) is 4.88 Å². The molecule has 1 atom stereocenters. The summed E-state index contributed by atoms with van der Waals surface area (Å²) in [6.45, 7) is 2.04. The van der Waals surface area contributed by atoms with Crippen molar-refractivity contribution in [3.63, 3.8) is 0 Å². The number of carboxylic acids is 1. The van der Waals surface area contributed by atoms with E-state index >= 15 is 0 Å². The number of aliphatic carboxylic acids is 1. The van der Waals surface area contributed by atoms with Gasteiger partial charge in [-0.1, -0.05) is 30.3 Å². The van der Waals surface area contributed by atoms with Crippen LogP contribution in [0.25, 0.3) is 0 Å². The number of thiophene rings is 1. The van der Waals surface area contributed by atoms with Crippen LogP contribution in [-0.2, 0) is 17.6 Å². The molecular weight excluding hydrogens is 256 g/mol.